The Morgan fingerprint density at radius 2 is 2.05 bits per heavy atom. The number of hydrogen-bond acceptors (Lipinski definition) is 4. The number of benzene rings is 1. The van der Waals surface area contributed by atoms with E-state index in [4.69, 9.17) is 10.9 Å². The minimum Gasteiger partial charge on any atom is -0.330 e. The van der Waals surface area contributed by atoms with E-state index < -0.39 is 10.0 Å². The molecule has 5 N–H and O–H groups in total. The lowest BCUT2D eigenvalue weighted by Crippen LogP contribution is -2.20. The number of aryl methyl sites for hydroxylation is 1. The highest BCUT2D eigenvalue weighted by Crippen LogP contribution is 2.19. The van der Waals surface area contributed by atoms with Gasteiger partial charge < -0.3 is 11.1 Å². The van der Waals surface area contributed by atoms with Crippen molar-refractivity contribution in [2.45, 2.75) is 25.2 Å². The Bertz CT molecular complexity index is 570. The predicted molar refractivity (Wildman–Crippen MR) is 74.0 cm³/mol. The van der Waals surface area contributed by atoms with Gasteiger partial charge in [0.1, 0.15) is 0 Å². The summed E-state index contributed by atoms with van der Waals surface area (Å²) in [4.78, 5) is 11.7. The standard InChI is InChI=1S/C12H19N3O3S/c1-8(7-13)5-12(16)15-10-4-3-9(2)11(6-10)19(14,17)18/h3-4,6,8H,5,7,13H2,1-2H3,(H,15,16)(H2,14,17,18). The second-order valence-corrected chi connectivity index (χ2v) is 6.15. The molecule has 0 aliphatic rings. The summed E-state index contributed by atoms with van der Waals surface area (Å²) in [6.07, 6.45) is 0.287. The van der Waals surface area contributed by atoms with E-state index in [0.29, 0.717) is 17.8 Å². The van der Waals surface area contributed by atoms with Crippen LogP contribution >= 0.6 is 0 Å². The van der Waals surface area contributed by atoms with E-state index in [1.165, 1.54) is 6.07 Å². The lowest BCUT2D eigenvalue weighted by atomic mass is 10.1. The van der Waals surface area contributed by atoms with Gasteiger partial charge in [0.15, 0.2) is 0 Å². The maximum atomic E-state index is 11.7. The van der Waals surface area contributed by atoms with Crippen molar-refractivity contribution in [1.29, 1.82) is 0 Å². The van der Waals surface area contributed by atoms with Crippen molar-refractivity contribution in [3.63, 3.8) is 0 Å². The van der Waals surface area contributed by atoms with Gasteiger partial charge in [0, 0.05) is 12.1 Å². The molecule has 1 rings (SSSR count). The molecule has 7 heteroatoms. The molecule has 1 amide bonds. The molecular formula is C12H19N3O3S. The van der Waals surface area contributed by atoms with Crippen molar-refractivity contribution in [3.8, 4) is 0 Å². The van der Waals surface area contributed by atoms with Gasteiger partial charge in [0.2, 0.25) is 15.9 Å². The molecule has 0 saturated carbocycles. The molecule has 0 fully saturated rings. The second kappa shape index (κ2) is 6.14. The molecule has 1 aromatic carbocycles. The molecule has 0 spiro atoms. The van der Waals surface area contributed by atoms with Crippen LogP contribution in [0.15, 0.2) is 23.1 Å². The SMILES string of the molecule is Cc1ccc(NC(=O)CC(C)CN)cc1S(N)(=O)=O. The molecule has 0 aliphatic heterocycles. The zero-order valence-corrected chi connectivity index (χ0v) is 11.8. The first-order chi connectivity index (χ1) is 8.74. The molecule has 0 aliphatic carbocycles. The molecule has 106 valence electrons. The molecule has 0 bridgehead atoms. The van der Waals surface area contributed by atoms with E-state index in [2.05, 4.69) is 5.32 Å². The highest BCUT2D eigenvalue weighted by molar-refractivity contribution is 7.89. The Hall–Kier alpha value is -1.44. The number of hydrogen-bond donors (Lipinski definition) is 3. The van der Waals surface area contributed by atoms with Crippen molar-refractivity contribution in [2.75, 3.05) is 11.9 Å². The van der Waals surface area contributed by atoms with Gasteiger partial charge in [-0.3, -0.25) is 4.79 Å². The highest BCUT2D eigenvalue weighted by atomic mass is 32.2. The van der Waals surface area contributed by atoms with Crippen LogP contribution in [0.3, 0.4) is 0 Å². The summed E-state index contributed by atoms with van der Waals surface area (Å²) in [5.74, 6) is -0.134. The molecule has 19 heavy (non-hydrogen) atoms. The number of anilines is 1. The van der Waals surface area contributed by atoms with Crippen LogP contribution in [-0.2, 0) is 14.8 Å². The van der Waals surface area contributed by atoms with E-state index in [1.54, 1.807) is 19.1 Å². The van der Waals surface area contributed by atoms with Gasteiger partial charge in [-0.05, 0) is 37.1 Å². The smallest absolute Gasteiger partial charge is 0.238 e. The van der Waals surface area contributed by atoms with E-state index in [-0.39, 0.29) is 23.1 Å². The molecule has 1 unspecified atom stereocenters. The number of amides is 1. The van der Waals surface area contributed by atoms with E-state index >= 15 is 0 Å². The topological polar surface area (TPSA) is 115 Å². The maximum Gasteiger partial charge on any atom is 0.238 e. The Balaban J connectivity index is 2.89. The van der Waals surface area contributed by atoms with E-state index in [9.17, 15) is 13.2 Å². The van der Waals surface area contributed by atoms with Gasteiger partial charge in [-0.25, -0.2) is 13.6 Å². The number of nitrogens with two attached hydrogens (primary N) is 2. The molecule has 0 radical (unpaired) electrons. The molecule has 0 aromatic heterocycles. The quantitative estimate of drug-likeness (QED) is 0.733. The maximum absolute atomic E-state index is 11.7. The summed E-state index contributed by atoms with van der Waals surface area (Å²) < 4.78 is 22.7. The van der Waals surface area contributed by atoms with Crippen LogP contribution in [0.4, 0.5) is 5.69 Å². The second-order valence-electron chi connectivity index (χ2n) is 4.62. The fourth-order valence-electron chi connectivity index (χ4n) is 1.60. The third kappa shape index (κ3) is 4.62. The summed E-state index contributed by atoms with van der Waals surface area (Å²) in [5, 5.41) is 7.73. The predicted octanol–water partition coefficient (Wildman–Crippen LogP) is 0.566. The fraction of sp³-hybridized carbons (Fsp3) is 0.417. The first kappa shape index (κ1) is 15.6. The molecule has 6 nitrogen and oxygen atoms in total. The third-order valence-electron chi connectivity index (χ3n) is 2.71. The lowest BCUT2D eigenvalue weighted by Gasteiger charge is -2.11. The van der Waals surface area contributed by atoms with Crippen LogP contribution in [0.25, 0.3) is 0 Å². The van der Waals surface area contributed by atoms with Gasteiger partial charge >= 0.3 is 0 Å². The van der Waals surface area contributed by atoms with Crippen LogP contribution in [0.5, 0.6) is 0 Å². The van der Waals surface area contributed by atoms with Gasteiger partial charge in [-0.2, -0.15) is 0 Å². The lowest BCUT2D eigenvalue weighted by molar-refractivity contribution is -0.116. The number of sulfonamides is 1. The van der Waals surface area contributed by atoms with Crippen molar-refractivity contribution in [1.82, 2.24) is 0 Å². The fourth-order valence-corrected chi connectivity index (χ4v) is 2.40. The van der Waals surface area contributed by atoms with Crippen LogP contribution in [0, 0.1) is 12.8 Å². The molecular weight excluding hydrogens is 266 g/mol. The van der Waals surface area contributed by atoms with Crippen LogP contribution < -0.4 is 16.2 Å². The third-order valence-corrected chi connectivity index (χ3v) is 3.77. The number of rotatable bonds is 5. The summed E-state index contributed by atoms with van der Waals surface area (Å²) >= 11 is 0. The molecule has 0 saturated heterocycles. The first-order valence-corrected chi connectivity index (χ1v) is 7.42. The molecule has 1 atom stereocenters. The van der Waals surface area contributed by atoms with Gasteiger partial charge in [-0.15, -0.1) is 0 Å². The molecule has 0 heterocycles. The normalized spacial score (nSPS) is 13.1. The summed E-state index contributed by atoms with van der Waals surface area (Å²) in [7, 11) is -3.79. The largest absolute Gasteiger partial charge is 0.330 e. The average Bonchev–Trinajstić information content (AvgIpc) is 2.29. The summed E-state index contributed by atoms with van der Waals surface area (Å²) in [5.41, 5.74) is 6.38. The highest BCUT2D eigenvalue weighted by Gasteiger charge is 2.13. The number of nitrogens with one attached hydrogen (secondary N) is 1. The Labute approximate surface area is 113 Å². The Morgan fingerprint density at radius 1 is 1.42 bits per heavy atom. The van der Waals surface area contributed by atoms with Crippen LogP contribution in [-0.4, -0.2) is 20.9 Å². The van der Waals surface area contributed by atoms with Gasteiger partial charge in [-0.1, -0.05) is 13.0 Å². The van der Waals surface area contributed by atoms with Crippen molar-refractivity contribution >= 4 is 21.6 Å². The zero-order valence-electron chi connectivity index (χ0n) is 11.0. The van der Waals surface area contributed by atoms with Crippen molar-refractivity contribution in [3.05, 3.63) is 23.8 Å². The van der Waals surface area contributed by atoms with E-state index in [1.807, 2.05) is 6.92 Å². The van der Waals surface area contributed by atoms with Crippen LogP contribution in [0.1, 0.15) is 18.9 Å². The Kier molecular flexibility index (Phi) is 5.04. The number of carbonyl (C=O) groups is 1. The zero-order chi connectivity index (χ0) is 14.6. The van der Waals surface area contributed by atoms with E-state index in [0.717, 1.165) is 0 Å². The first-order valence-electron chi connectivity index (χ1n) is 5.87. The average molecular weight is 285 g/mol. The summed E-state index contributed by atoms with van der Waals surface area (Å²) in [6, 6.07) is 4.59. The molecule has 1 aromatic rings. The minimum atomic E-state index is -3.79. The van der Waals surface area contributed by atoms with Crippen LogP contribution in [0.2, 0.25) is 0 Å². The van der Waals surface area contributed by atoms with Gasteiger partial charge in [0.25, 0.3) is 0 Å². The minimum absolute atomic E-state index is 0.0113. The monoisotopic (exact) mass is 285 g/mol. The number of carbonyl (C=O) groups excluding carboxylic acids is 1. The summed E-state index contributed by atoms with van der Waals surface area (Å²) in [6.45, 7) is 3.93. The van der Waals surface area contributed by atoms with Crippen molar-refractivity contribution < 1.29 is 13.2 Å². The number of primary sulfonamides is 1. The van der Waals surface area contributed by atoms with Gasteiger partial charge in [0.05, 0.1) is 4.90 Å². The Morgan fingerprint density at radius 3 is 2.58 bits per heavy atom. The van der Waals surface area contributed by atoms with Crippen molar-refractivity contribution in [2.24, 2.45) is 16.8 Å².